The summed E-state index contributed by atoms with van der Waals surface area (Å²) >= 11 is 7.61. The van der Waals surface area contributed by atoms with E-state index in [0.717, 1.165) is 10.9 Å². The van der Waals surface area contributed by atoms with Gasteiger partial charge in [-0.15, -0.1) is 11.3 Å². The molecule has 108 valence electrons. The van der Waals surface area contributed by atoms with E-state index in [-0.39, 0.29) is 11.9 Å². The number of hydrogen-bond acceptors (Lipinski definition) is 3. The molecule has 3 aromatic rings. The van der Waals surface area contributed by atoms with E-state index >= 15 is 0 Å². The molecule has 0 amide bonds. The Morgan fingerprint density at radius 3 is 2.86 bits per heavy atom. The van der Waals surface area contributed by atoms with Gasteiger partial charge in [-0.25, -0.2) is 4.39 Å². The van der Waals surface area contributed by atoms with E-state index in [1.54, 1.807) is 23.5 Å². The molecule has 0 aliphatic rings. The predicted octanol–water partition coefficient (Wildman–Crippen LogP) is 4.44. The zero-order valence-electron chi connectivity index (χ0n) is 11.1. The average molecular weight is 321 g/mol. The molecule has 0 saturated carbocycles. The minimum atomic E-state index is -0.265. The van der Waals surface area contributed by atoms with Crippen LogP contribution in [0.2, 0.25) is 5.02 Å². The SMILES string of the molecule is NNC(Cc1cc(Cl)ccc1F)c1csc2ccccc12. The van der Waals surface area contributed by atoms with E-state index in [4.69, 9.17) is 17.4 Å². The molecule has 0 spiro atoms. The van der Waals surface area contributed by atoms with Gasteiger partial charge in [0, 0.05) is 9.72 Å². The number of rotatable bonds is 4. The van der Waals surface area contributed by atoms with Crippen molar-refractivity contribution < 1.29 is 4.39 Å². The van der Waals surface area contributed by atoms with Gasteiger partial charge in [0.1, 0.15) is 5.82 Å². The molecule has 2 nitrogen and oxygen atoms in total. The van der Waals surface area contributed by atoms with Crippen LogP contribution in [0.4, 0.5) is 4.39 Å². The van der Waals surface area contributed by atoms with Crippen molar-refractivity contribution in [1.82, 2.24) is 5.43 Å². The highest BCUT2D eigenvalue weighted by molar-refractivity contribution is 7.17. The second-order valence-corrected chi connectivity index (χ2v) is 6.19. The third-order valence-corrected chi connectivity index (χ3v) is 4.74. The molecule has 0 aliphatic carbocycles. The van der Waals surface area contributed by atoms with Crippen LogP contribution in [0.3, 0.4) is 0 Å². The van der Waals surface area contributed by atoms with Crippen LogP contribution in [0.1, 0.15) is 17.2 Å². The smallest absolute Gasteiger partial charge is 0.126 e. The molecular weight excluding hydrogens is 307 g/mol. The Hall–Kier alpha value is -1.46. The molecule has 5 heteroatoms. The van der Waals surface area contributed by atoms with E-state index in [1.165, 1.54) is 10.8 Å². The second kappa shape index (κ2) is 6.12. The number of thiophene rings is 1. The molecule has 0 aliphatic heterocycles. The summed E-state index contributed by atoms with van der Waals surface area (Å²) in [5.41, 5.74) is 4.43. The zero-order chi connectivity index (χ0) is 14.8. The minimum Gasteiger partial charge on any atom is -0.271 e. The fourth-order valence-electron chi connectivity index (χ4n) is 2.45. The van der Waals surface area contributed by atoms with Gasteiger partial charge in [-0.2, -0.15) is 0 Å². The van der Waals surface area contributed by atoms with Crippen molar-refractivity contribution in [2.75, 3.05) is 0 Å². The highest BCUT2D eigenvalue weighted by atomic mass is 35.5. The van der Waals surface area contributed by atoms with E-state index in [1.807, 2.05) is 12.1 Å². The number of nitrogens with one attached hydrogen (secondary N) is 1. The third kappa shape index (κ3) is 2.94. The second-order valence-electron chi connectivity index (χ2n) is 4.85. The first-order valence-corrected chi connectivity index (χ1v) is 7.81. The van der Waals surface area contributed by atoms with Gasteiger partial charge in [-0.3, -0.25) is 11.3 Å². The van der Waals surface area contributed by atoms with Gasteiger partial charge in [0.15, 0.2) is 0 Å². The van der Waals surface area contributed by atoms with Crippen LogP contribution in [0.15, 0.2) is 47.8 Å². The fourth-order valence-corrected chi connectivity index (χ4v) is 3.66. The van der Waals surface area contributed by atoms with Gasteiger partial charge in [0.05, 0.1) is 6.04 Å². The lowest BCUT2D eigenvalue weighted by molar-refractivity contribution is 0.532. The molecule has 0 radical (unpaired) electrons. The molecule has 3 rings (SSSR count). The molecule has 3 N–H and O–H groups in total. The van der Waals surface area contributed by atoms with Crippen LogP contribution in [0.5, 0.6) is 0 Å². The highest BCUT2D eigenvalue weighted by Gasteiger charge is 2.17. The average Bonchev–Trinajstić information content (AvgIpc) is 2.92. The van der Waals surface area contributed by atoms with Crippen molar-refractivity contribution in [1.29, 1.82) is 0 Å². The molecule has 0 saturated heterocycles. The van der Waals surface area contributed by atoms with Crippen LogP contribution in [-0.2, 0) is 6.42 Å². The molecule has 21 heavy (non-hydrogen) atoms. The van der Waals surface area contributed by atoms with Gasteiger partial charge >= 0.3 is 0 Å². The summed E-state index contributed by atoms with van der Waals surface area (Å²) in [5, 5.41) is 3.74. The van der Waals surface area contributed by atoms with Crippen molar-refractivity contribution in [3.8, 4) is 0 Å². The first-order valence-electron chi connectivity index (χ1n) is 6.55. The summed E-state index contributed by atoms with van der Waals surface area (Å²) < 4.78 is 15.1. The van der Waals surface area contributed by atoms with Crippen LogP contribution >= 0.6 is 22.9 Å². The molecule has 1 aromatic heterocycles. The van der Waals surface area contributed by atoms with Crippen molar-refractivity contribution >= 4 is 33.0 Å². The van der Waals surface area contributed by atoms with E-state index in [0.29, 0.717) is 17.0 Å². The molecule has 1 heterocycles. The van der Waals surface area contributed by atoms with Crippen molar-refractivity contribution in [2.24, 2.45) is 5.84 Å². The normalized spacial score (nSPS) is 12.7. The van der Waals surface area contributed by atoms with Crippen LogP contribution in [0, 0.1) is 5.82 Å². The van der Waals surface area contributed by atoms with Gasteiger partial charge in [0.2, 0.25) is 0 Å². The van der Waals surface area contributed by atoms with Crippen molar-refractivity contribution in [3.63, 3.8) is 0 Å². The molecule has 1 atom stereocenters. The molecule has 0 bridgehead atoms. The topological polar surface area (TPSA) is 38.0 Å². The molecule has 2 aromatic carbocycles. The quantitative estimate of drug-likeness (QED) is 0.551. The largest absolute Gasteiger partial charge is 0.271 e. The molecular formula is C16H14ClFN2S. The van der Waals surface area contributed by atoms with Gasteiger partial charge in [-0.1, -0.05) is 29.8 Å². The number of halogens is 2. The maximum atomic E-state index is 13.9. The first kappa shape index (κ1) is 14.5. The van der Waals surface area contributed by atoms with Gasteiger partial charge in [-0.05, 0) is 52.6 Å². The first-order chi connectivity index (χ1) is 10.2. The monoisotopic (exact) mass is 320 g/mol. The van der Waals surface area contributed by atoms with Crippen molar-refractivity contribution in [2.45, 2.75) is 12.5 Å². The minimum absolute atomic E-state index is 0.158. The molecule has 0 fully saturated rings. The maximum Gasteiger partial charge on any atom is 0.126 e. The lowest BCUT2D eigenvalue weighted by Gasteiger charge is -2.16. The maximum absolute atomic E-state index is 13.9. The van der Waals surface area contributed by atoms with Crippen LogP contribution < -0.4 is 11.3 Å². The van der Waals surface area contributed by atoms with Crippen molar-refractivity contribution in [3.05, 3.63) is 69.8 Å². The Morgan fingerprint density at radius 1 is 1.24 bits per heavy atom. The Bertz CT molecular complexity index is 772. The van der Waals surface area contributed by atoms with E-state index in [2.05, 4.69) is 22.9 Å². The number of nitrogens with two attached hydrogens (primary N) is 1. The van der Waals surface area contributed by atoms with E-state index < -0.39 is 0 Å². The number of hydrazine groups is 1. The Balaban J connectivity index is 1.97. The fraction of sp³-hybridized carbons (Fsp3) is 0.125. The Labute approximate surface area is 131 Å². The summed E-state index contributed by atoms with van der Waals surface area (Å²) in [4.78, 5) is 0. The Kier molecular flexibility index (Phi) is 4.22. The van der Waals surface area contributed by atoms with Gasteiger partial charge in [0.25, 0.3) is 0 Å². The highest BCUT2D eigenvalue weighted by Crippen LogP contribution is 2.32. The standard InChI is InChI=1S/C16H14ClFN2S/c17-11-5-6-14(18)10(7-11)8-15(20-19)13-9-21-16-4-2-1-3-12(13)16/h1-7,9,15,20H,8,19H2. The van der Waals surface area contributed by atoms with Gasteiger partial charge < -0.3 is 0 Å². The summed E-state index contributed by atoms with van der Waals surface area (Å²) in [7, 11) is 0. The zero-order valence-corrected chi connectivity index (χ0v) is 12.7. The summed E-state index contributed by atoms with van der Waals surface area (Å²) in [6, 6.07) is 12.5. The van der Waals surface area contributed by atoms with Crippen LogP contribution in [0.25, 0.3) is 10.1 Å². The summed E-state index contributed by atoms with van der Waals surface area (Å²) in [6.07, 6.45) is 0.448. The number of fused-ring (bicyclic) bond motifs is 1. The Morgan fingerprint density at radius 2 is 2.05 bits per heavy atom. The third-order valence-electron chi connectivity index (χ3n) is 3.52. The lowest BCUT2D eigenvalue weighted by atomic mass is 9.98. The summed E-state index contributed by atoms with van der Waals surface area (Å²) in [5.74, 6) is 5.43. The number of benzene rings is 2. The summed E-state index contributed by atoms with van der Waals surface area (Å²) in [6.45, 7) is 0. The number of hydrogen-bond donors (Lipinski definition) is 2. The molecule has 1 unspecified atom stereocenters. The van der Waals surface area contributed by atoms with Crippen LogP contribution in [-0.4, -0.2) is 0 Å². The predicted molar refractivity (Wildman–Crippen MR) is 87.0 cm³/mol. The lowest BCUT2D eigenvalue weighted by Crippen LogP contribution is -2.29. The van der Waals surface area contributed by atoms with E-state index in [9.17, 15) is 4.39 Å².